The van der Waals surface area contributed by atoms with Gasteiger partial charge in [-0.05, 0) is 50.9 Å². The van der Waals surface area contributed by atoms with Crippen molar-refractivity contribution in [1.29, 1.82) is 0 Å². The van der Waals surface area contributed by atoms with Gasteiger partial charge in [0.1, 0.15) is 12.7 Å². The van der Waals surface area contributed by atoms with Gasteiger partial charge in [-0.2, -0.15) is 0 Å². The fourth-order valence-electron chi connectivity index (χ4n) is 7.23. The number of hydrogen-bond acceptors (Lipinski definition) is 9. The molecule has 57 heavy (non-hydrogen) atoms. The molecule has 0 fully saturated rings. The average molecular weight is 811 g/mol. The molecule has 9 heteroatoms. The largest absolute Gasteiger partial charge is 0.465 e. The fourth-order valence-corrected chi connectivity index (χ4v) is 7.23. The molecule has 0 radical (unpaired) electrons. The van der Waals surface area contributed by atoms with Gasteiger partial charge in [0.05, 0.1) is 32.2 Å². The number of aliphatic hydroxyl groups excluding tert-OH is 1. The van der Waals surface area contributed by atoms with Gasteiger partial charge in [0.2, 0.25) is 0 Å². The Morgan fingerprint density at radius 1 is 0.404 bits per heavy atom. The Balaban J connectivity index is 4.44. The van der Waals surface area contributed by atoms with Crippen LogP contribution in [0.1, 0.15) is 240 Å². The topological polar surface area (TPSA) is 125 Å². The van der Waals surface area contributed by atoms with Crippen molar-refractivity contribution in [2.45, 2.75) is 246 Å². The zero-order valence-electron chi connectivity index (χ0n) is 37.6. The molecule has 0 aromatic rings. The third kappa shape index (κ3) is 37.8. The Bertz CT molecular complexity index is 835. The summed E-state index contributed by atoms with van der Waals surface area (Å²) in [4.78, 5) is 50.1. The van der Waals surface area contributed by atoms with Crippen LogP contribution in [0, 0.1) is 11.8 Å². The van der Waals surface area contributed by atoms with E-state index >= 15 is 0 Å². The van der Waals surface area contributed by atoms with Crippen LogP contribution in [0.4, 0.5) is 0 Å². The number of aliphatic hydroxyl groups is 1. The highest BCUT2D eigenvalue weighted by Crippen LogP contribution is 2.23. The number of unbranched alkanes of at least 4 members (excludes halogenated alkanes) is 20. The second-order valence-corrected chi connectivity index (χ2v) is 16.6. The molecule has 0 bridgehead atoms. The lowest BCUT2D eigenvalue weighted by atomic mass is 9.91. The standard InChI is InChI=1S/C48H90O9/c1-5-9-13-17-21-25-30-42(31-26-22-18-14-10-6-2)38-48(53)54-37-36-46(51)56-41-43(39-49)40-55-45(50)34-29-35-47(52)57-44(32-27-23-19-15-11-7-3)33-28-24-20-16-12-8-4/h42-44,49H,5-41H2,1-4H3. The van der Waals surface area contributed by atoms with E-state index in [9.17, 15) is 24.3 Å². The zero-order valence-corrected chi connectivity index (χ0v) is 37.6. The van der Waals surface area contributed by atoms with Crippen molar-refractivity contribution in [2.24, 2.45) is 11.8 Å². The van der Waals surface area contributed by atoms with Gasteiger partial charge in [0.25, 0.3) is 0 Å². The highest BCUT2D eigenvalue weighted by atomic mass is 16.6. The number of esters is 4. The second-order valence-electron chi connectivity index (χ2n) is 16.6. The van der Waals surface area contributed by atoms with E-state index in [0.29, 0.717) is 18.8 Å². The normalized spacial score (nSPS) is 11.9. The third-order valence-electron chi connectivity index (χ3n) is 11.0. The minimum Gasteiger partial charge on any atom is -0.465 e. The van der Waals surface area contributed by atoms with E-state index in [2.05, 4.69) is 27.7 Å². The maximum atomic E-state index is 12.7. The van der Waals surface area contributed by atoms with Gasteiger partial charge in [0, 0.05) is 19.3 Å². The molecule has 0 saturated carbocycles. The summed E-state index contributed by atoms with van der Waals surface area (Å²) in [5.41, 5.74) is 0. The number of rotatable bonds is 43. The van der Waals surface area contributed by atoms with Gasteiger partial charge in [-0.1, -0.05) is 169 Å². The molecule has 0 heterocycles. The predicted molar refractivity (Wildman–Crippen MR) is 232 cm³/mol. The number of ether oxygens (including phenoxy) is 4. The molecule has 1 N–H and O–H groups in total. The Morgan fingerprint density at radius 2 is 0.789 bits per heavy atom. The number of hydrogen-bond donors (Lipinski definition) is 1. The van der Waals surface area contributed by atoms with Crippen LogP contribution in [0.5, 0.6) is 0 Å². The fraction of sp³-hybridized carbons (Fsp3) is 0.917. The summed E-state index contributed by atoms with van der Waals surface area (Å²) in [7, 11) is 0. The summed E-state index contributed by atoms with van der Waals surface area (Å²) in [6, 6.07) is 0. The quantitative estimate of drug-likeness (QED) is 0.0364. The Morgan fingerprint density at radius 3 is 1.23 bits per heavy atom. The molecule has 1 unspecified atom stereocenters. The predicted octanol–water partition coefficient (Wildman–Crippen LogP) is 12.7. The van der Waals surface area contributed by atoms with E-state index in [-0.39, 0.29) is 63.7 Å². The molecule has 0 spiro atoms. The molecular formula is C48H90O9. The van der Waals surface area contributed by atoms with E-state index in [0.717, 1.165) is 51.4 Å². The van der Waals surface area contributed by atoms with E-state index in [1.165, 1.54) is 128 Å². The number of carbonyl (C=O) groups excluding carboxylic acids is 4. The van der Waals surface area contributed by atoms with Crippen molar-refractivity contribution in [1.82, 2.24) is 0 Å². The molecule has 336 valence electrons. The summed E-state index contributed by atoms with van der Waals surface area (Å²) < 4.78 is 21.9. The Labute approximate surface area is 350 Å². The van der Waals surface area contributed by atoms with Gasteiger partial charge in [0.15, 0.2) is 0 Å². The first-order valence-corrected chi connectivity index (χ1v) is 24.1. The summed E-state index contributed by atoms with van der Waals surface area (Å²) >= 11 is 0. The second kappa shape index (κ2) is 42.0. The van der Waals surface area contributed by atoms with E-state index in [1.54, 1.807) is 0 Å². The van der Waals surface area contributed by atoms with Gasteiger partial charge < -0.3 is 24.1 Å². The summed E-state index contributed by atoms with van der Waals surface area (Å²) in [6.07, 6.45) is 33.9. The maximum Gasteiger partial charge on any atom is 0.309 e. The van der Waals surface area contributed by atoms with Crippen LogP contribution >= 0.6 is 0 Å². The van der Waals surface area contributed by atoms with E-state index in [1.807, 2.05) is 0 Å². The molecule has 1 atom stereocenters. The van der Waals surface area contributed by atoms with Crippen molar-refractivity contribution in [3.63, 3.8) is 0 Å². The van der Waals surface area contributed by atoms with Crippen molar-refractivity contribution in [2.75, 3.05) is 26.4 Å². The van der Waals surface area contributed by atoms with Crippen molar-refractivity contribution in [3.8, 4) is 0 Å². The zero-order chi connectivity index (χ0) is 42.0. The molecule has 0 aromatic carbocycles. The SMILES string of the molecule is CCCCCCCCC(CCCCCCCC)CC(=O)OCCC(=O)OCC(CO)COC(=O)CCCC(=O)OC(CCCCCCCC)CCCCCCCC. The highest BCUT2D eigenvalue weighted by Gasteiger charge is 2.19. The molecular weight excluding hydrogens is 721 g/mol. The van der Waals surface area contributed by atoms with Gasteiger partial charge >= 0.3 is 23.9 Å². The lowest BCUT2D eigenvalue weighted by molar-refractivity contribution is -0.152. The highest BCUT2D eigenvalue weighted by molar-refractivity contribution is 5.73. The number of carbonyl (C=O) groups is 4. The van der Waals surface area contributed by atoms with Crippen LogP contribution in [-0.2, 0) is 38.1 Å². The monoisotopic (exact) mass is 811 g/mol. The smallest absolute Gasteiger partial charge is 0.309 e. The van der Waals surface area contributed by atoms with E-state index in [4.69, 9.17) is 18.9 Å². The van der Waals surface area contributed by atoms with E-state index < -0.39 is 17.9 Å². The van der Waals surface area contributed by atoms with Crippen LogP contribution in [0.2, 0.25) is 0 Å². The first kappa shape index (κ1) is 54.8. The molecule has 0 aliphatic rings. The minimum atomic E-state index is -0.570. The Hall–Kier alpha value is -2.16. The molecule has 9 nitrogen and oxygen atoms in total. The molecule has 0 aliphatic heterocycles. The summed E-state index contributed by atoms with van der Waals surface area (Å²) in [5.74, 6) is -1.79. The minimum absolute atomic E-state index is 0.0432. The molecule has 0 amide bonds. The van der Waals surface area contributed by atoms with Crippen LogP contribution in [0.15, 0.2) is 0 Å². The van der Waals surface area contributed by atoms with Crippen molar-refractivity contribution >= 4 is 23.9 Å². The van der Waals surface area contributed by atoms with Gasteiger partial charge in [-0.3, -0.25) is 19.2 Å². The third-order valence-corrected chi connectivity index (χ3v) is 11.0. The average Bonchev–Trinajstić information content (AvgIpc) is 3.19. The maximum absolute atomic E-state index is 12.7. The van der Waals surface area contributed by atoms with Crippen LogP contribution in [-0.4, -0.2) is 61.5 Å². The molecule has 0 aromatic heterocycles. The first-order valence-electron chi connectivity index (χ1n) is 24.1. The van der Waals surface area contributed by atoms with Crippen molar-refractivity contribution < 1.29 is 43.2 Å². The molecule has 0 saturated heterocycles. The summed E-state index contributed by atoms with van der Waals surface area (Å²) in [5, 5.41) is 9.77. The van der Waals surface area contributed by atoms with Crippen LogP contribution in [0.25, 0.3) is 0 Å². The lowest BCUT2D eigenvalue weighted by Gasteiger charge is -2.18. The van der Waals surface area contributed by atoms with Crippen LogP contribution in [0.3, 0.4) is 0 Å². The Kier molecular flexibility index (Phi) is 40.4. The lowest BCUT2D eigenvalue weighted by Crippen LogP contribution is -2.24. The van der Waals surface area contributed by atoms with Gasteiger partial charge in [-0.25, -0.2) is 0 Å². The molecule has 0 rings (SSSR count). The van der Waals surface area contributed by atoms with Crippen LogP contribution < -0.4 is 0 Å². The van der Waals surface area contributed by atoms with Gasteiger partial charge in [-0.15, -0.1) is 0 Å². The summed E-state index contributed by atoms with van der Waals surface area (Å²) in [6.45, 7) is 8.31. The molecule has 0 aliphatic carbocycles. The van der Waals surface area contributed by atoms with Crippen molar-refractivity contribution in [3.05, 3.63) is 0 Å². The first-order chi connectivity index (χ1) is 27.8.